The summed E-state index contributed by atoms with van der Waals surface area (Å²) in [5, 5.41) is 0. The average Bonchev–Trinajstić information content (AvgIpc) is 2.78. The van der Waals surface area contributed by atoms with E-state index in [1.807, 2.05) is 61.5 Å². The molecule has 0 radical (unpaired) electrons. The minimum absolute atomic E-state index is 0.0650. The highest BCUT2D eigenvalue weighted by atomic mass is 16.6. The molecule has 0 bridgehead atoms. The Morgan fingerprint density at radius 3 is 2.41 bits per heavy atom. The van der Waals surface area contributed by atoms with E-state index in [-0.39, 0.29) is 12.3 Å². The van der Waals surface area contributed by atoms with Gasteiger partial charge in [0, 0.05) is 0 Å². The van der Waals surface area contributed by atoms with Gasteiger partial charge in [0.25, 0.3) is 5.91 Å². The van der Waals surface area contributed by atoms with Crippen molar-refractivity contribution in [3.63, 3.8) is 0 Å². The first kappa shape index (κ1) is 14.1. The maximum absolute atomic E-state index is 12.3. The maximum Gasteiger partial charge on any atom is 0.422 e. The normalized spacial score (nSPS) is 16.2. The van der Waals surface area contributed by atoms with Gasteiger partial charge in [0.05, 0.1) is 6.54 Å². The summed E-state index contributed by atoms with van der Waals surface area (Å²) in [5.41, 5.74) is 2.76. The van der Waals surface area contributed by atoms with Gasteiger partial charge in [-0.3, -0.25) is 4.79 Å². The highest BCUT2D eigenvalue weighted by molar-refractivity contribution is 6.09. The number of benzene rings is 2. The summed E-state index contributed by atoms with van der Waals surface area (Å²) in [6, 6.07) is 17.0. The van der Waals surface area contributed by atoms with E-state index in [9.17, 15) is 9.59 Å². The lowest BCUT2D eigenvalue weighted by atomic mass is 10.1. The van der Waals surface area contributed by atoms with Gasteiger partial charge in [-0.2, -0.15) is 0 Å². The first-order valence-corrected chi connectivity index (χ1v) is 7.00. The van der Waals surface area contributed by atoms with E-state index >= 15 is 0 Å². The van der Waals surface area contributed by atoms with Crippen LogP contribution in [0, 0.1) is 6.92 Å². The Bertz CT molecular complexity index is 750. The molecular formula is C18H15NO3. The fraction of sp³-hybridized carbons (Fsp3) is 0.111. The van der Waals surface area contributed by atoms with Crippen LogP contribution in [-0.4, -0.2) is 16.9 Å². The smallest absolute Gasteiger partial charge is 0.404 e. The fourth-order valence-corrected chi connectivity index (χ4v) is 2.29. The summed E-state index contributed by atoms with van der Waals surface area (Å²) in [6.45, 7) is 2.15. The highest BCUT2D eigenvalue weighted by Crippen LogP contribution is 2.22. The molecule has 0 saturated carbocycles. The molecule has 0 aliphatic carbocycles. The summed E-state index contributed by atoms with van der Waals surface area (Å²) in [4.78, 5) is 25.4. The molecule has 22 heavy (non-hydrogen) atoms. The van der Waals surface area contributed by atoms with Crippen molar-refractivity contribution in [2.24, 2.45) is 0 Å². The van der Waals surface area contributed by atoms with E-state index in [0.717, 1.165) is 21.6 Å². The Morgan fingerprint density at radius 2 is 1.68 bits per heavy atom. The van der Waals surface area contributed by atoms with Gasteiger partial charge in [-0.25, -0.2) is 9.69 Å². The van der Waals surface area contributed by atoms with E-state index in [4.69, 9.17) is 4.74 Å². The van der Waals surface area contributed by atoms with Crippen LogP contribution in [-0.2, 0) is 16.1 Å². The van der Waals surface area contributed by atoms with Crippen molar-refractivity contribution in [3.05, 3.63) is 77.0 Å². The average molecular weight is 293 g/mol. The van der Waals surface area contributed by atoms with E-state index < -0.39 is 12.0 Å². The predicted molar refractivity (Wildman–Crippen MR) is 82.6 cm³/mol. The predicted octanol–water partition coefficient (Wildman–Crippen LogP) is 3.51. The van der Waals surface area contributed by atoms with Gasteiger partial charge >= 0.3 is 6.09 Å². The van der Waals surface area contributed by atoms with Crippen LogP contribution in [0.1, 0.15) is 16.7 Å². The summed E-state index contributed by atoms with van der Waals surface area (Å²) >= 11 is 0. The van der Waals surface area contributed by atoms with Gasteiger partial charge in [0.2, 0.25) is 0 Å². The van der Waals surface area contributed by atoms with Gasteiger partial charge in [-0.15, -0.1) is 0 Å². The number of hydrogen-bond donors (Lipinski definition) is 0. The van der Waals surface area contributed by atoms with Crippen molar-refractivity contribution in [3.8, 4) is 0 Å². The second kappa shape index (κ2) is 5.85. The Hall–Kier alpha value is -2.88. The van der Waals surface area contributed by atoms with Crippen LogP contribution in [0.2, 0.25) is 0 Å². The van der Waals surface area contributed by atoms with Crippen LogP contribution in [0.15, 0.2) is 60.4 Å². The number of rotatable bonds is 3. The van der Waals surface area contributed by atoms with Crippen LogP contribution < -0.4 is 0 Å². The second-order valence-corrected chi connectivity index (χ2v) is 5.11. The first-order valence-electron chi connectivity index (χ1n) is 7.00. The third-order valence-electron chi connectivity index (χ3n) is 3.53. The molecule has 4 heteroatoms. The van der Waals surface area contributed by atoms with Crippen molar-refractivity contribution < 1.29 is 14.3 Å². The lowest BCUT2D eigenvalue weighted by molar-refractivity contribution is -0.123. The third kappa shape index (κ3) is 2.76. The van der Waals surface area contributed by atoms with E-state index in [1.54, 1.807) is 6.08 Å². The van der Waals surface area contributed by atoms with Gasteiger partial charge in [0.15, 0.2) is 5.76 Å². The molecule has 1 fully saturated rings. The highest BCUT2D eigenvalue weighted by Gasteiger charge is 2.36. The first-order chi connectivity index (χ1) is 10.6. The van der Waals surface area contributed by atoms with Crippen molar-refractivity contribution in [1.29, 1.82) is 0 Å². The number of ether oxygens (including phenoxy) is 1. The van der Waals surface area contributed by atoms with Crippen LogP contribution in [0.25, 0.3) is 6.08 Å². The number of cyclic esters (lactones) is 1. The zero-order valence-electron chi connectivity index (χ0n) is 12.2. The second-order valence-electron chi connectivity index (χ2n) is 5.11. The molecule has 1 aliphatic rings. The molecule has 2 aromatic carbocycles. The number of nitrogens with zero attached hydrogens (tertiary/aromatic N) is 1. The molecule has 2 amide bonds. The van der Waals surface area contributed by atoms with Crippen LogP contribution in [0.4, 0.5) is 4.79 Å². The molecule has 0 N–H and O–H groups in total. The Morgan fingerprint density at radius 1 is 1.00 bits per heavy atom. The number of imide groups is 1. The SMILES string of the molecule is Cc1ccccc1/C=C1\OC(=O)N(Cc2ccccc2)C1=O. The van der Waals surface area contributed by atoms with E-state index in [1.165, 1.54) is 0 Å². The largest absolute Gasteiger partial charge is 0.422 e. The molecule has 2 aromatic rings. The van der Waals surface area contributed by atoms with Crippen molar-refractivity contribution in [2.75, 3.05) is 0 Å². The van der Waals surface area contributed by atoms with Crippen molar-refractivity contribution in [1.82, 2.24) is 4.90 Å². The van der Waals surface area contributed by atoms with Crippen LogP contribution in [0.5, 0.6) is 0 Å². The van der Waals surface area contributed by atoms with Gasteiger partial charge in [0.1, 0.15) is 0 Å². The van der Waals surface area contributed by atoms with Crippen molar-refractivity contribution in [2.45, 2.75) is 13.5 Å². The lowest BCUT2D eigenvalue weighted by Crippen LogP contribution is -2.28. The molecule has 0 aromatic heterocycles. The Labute approximate surface area is 128 Å². The number of carbonyl (C=O) groups is 2. The fourth-order valence-electron chi connectivity index (χ4n) is 2.29. The molecule has 1 heterocycles. The van der Waals surface area contributed by atoms with Crippen LogP contribution >= 0.6 is 0 Å². The zero-order valence-corrected chi connectivity index (χ0v) is 12.2. The minimum atomic E-state index is -0.631. The molecule has 1 aliphatic heterocycles. The number of amides is 2. The van der Waals surface area contributed by atoms with E-state index in [2.05, 4.69) is 0 Å². The monoisotopic (exact) mass is 293 g/mol. The molecule has 1 saturated heterocycles. The number of aryl methyl sites for hydroxylation is 1. The van der Waals surface area contributed by atoms with Gasteiger partial charge in [-0.05, 0) is 29.7 Å². The van der Waals surface area contributed by atoms with Gasteiger partial charge < -0.3 is 4.74 Å². The topological polar surface area (TPSA) is 46.6 Å². The lowest BCUT2D eigenvalue weighted by Gasteiger charge is -2.09. The quantitative estimate of drug-likeness (QED) is 0.813. The number of carbonyl (C=O) groups excluding carboxylic acids is 2. The maximum atomic E-state index is 12.3. The molecule has 0 atom stereocenters. The molecular weight excluding hydrogens is 278 g/mol. The Kier molecular flexibility index (Phi) is 3.74. The zero-order chi connectivity index (χ0) is 15.5. The number of hydrogen-bond acceptors (Lipinski definition) is 3. The molecule has 110 valence electrons. The molecule has 0 unspecified atom stereocenters. The summed E-state index contributed by atoms with van der Waals surface area (Å²) in [5.74, 6) is -0.340. The van der Waals surface area contributed by atoms with Crippen molar-refractivity contribution >= 4 is 18.1 Å². The molecule has 4 nitrogen and oxygen atoms in total. The molecule has 0 spiro atoms. The Balaban J connectivity index is 1.84. The standard InChI is InChI=1S/C18H15NO3/c1-13-7-5-6-10-15(13)11-16-17(20)19(18(21)22-16)12-14-8-3-2-4-9-14/h2-11H,12H2,1H3/b16-11-. The van der Waals surface area contributed by atoms with E-state index in [0.29, 0.717) is 0 Å². The van der Waals surface area contributed by atoms with Gasteiger partial charge in [-0.1, -0.05) is 54.6 Å². The molecule has 3 rings (SSSR count). The third-order valence-corrected chi connectivity index (χ3v) is 3.53. The summed E-state index contributed by atoms with van der Waals surface area (Å²) in [7, 11) is 0. The summed E-state index contributed by atoms with van der Waals surface area (Å²) < 4.78 is 5.12. The van der Waals surface area contributed by atoms with Crippen LogP contribution in [0.3, 0.4) is 0 Å². The summed E-state index contributed by atoms with van der Waals surface area (Å²) in [6.07, 6.45) is 0.981. The minimum Gasteiger partial charge on any atom is -0.404 e.